The van der Waals surface area contributed by atoms with Crippen molar-refractivity contribution < 1.29 is 14.3 Å². The number of hydrogen-bond donors (Lipinski definition) is 2. The highest BCUT2D eigenvalue weighted by Crippen LogP contribution is 2.24. The third kappa shape index (κ3) is 4.55. The second-order valence-corrected chi connectivity index (χ2v) is 8.27. The van der Waals surface area contributed by atoms with Crippen molar-refractivity contribution >= 4 is 23.7 Å². The van der Waals surface area contributed by atoms with Crippen LogP contribution in [0.15, 0.2) is 53.8 Å². The van der Waals surface area contributed by atoms with E-state index >= 15 is 0 Å². The van der Waals surface area contributed by atoms with Crippen LogP contribution < -0.4 is 10.3 Å². The molecule has 2 aromatic heterocycles. The van der Waals surface area contributed by atoms with E-state index in [0.29, 0.717) is 49.7 Å². The number of anilines is 1. The van der Waals surface area contributed by atoms with Crippen LogP contribution in [0.5, 0.6) is 0 Å². The van der Waals surface area contributed by atoms with E-state index in [-0.39, 0.29) is 11.8 Å². The molecule has 0 aliphatic carbocycles. The molecule has 0 saturated carbocycles. The average molecular weight is 459 g/mol. The Morgan fingerprint density at radius 3 is 2.74 bits per heavy atom. The molecule has 2 aliphatic heterocycles. The predicted octanol–water partition coefficient (Wildman–Crippen LogP) is 2.31. The first-order valence-corrected chi connectivity index (χ1v) is 11.3. The smallest absolute Gasteiger partial charge is 0.254 e. The highest BCUT2D eigenvalue weighted by molar-refractivity contribution is 5.98. The van der Waals surface area contributed by atoms with E-state index < -0.39 is 0 Å². The van der Waals surface area contributed by atoms with Crippen LogP contribution in [0.2, 0.25) is 0 Å². The topological polar surface area (TPSA) is 103 Å². The molecule has 4 heterocycles. The van der Waals surface area contributed by atoms with Gasteiger partial charge in [-0.1, -0.05) is 0 Å². The highest BCUT2D eigenvalue weighted by Gasteiger charge is 2.20. The summed E-state index contributed by atoms with van der Waals surface area (Å²) in [6.07, 6.45) is 4.20. The zero-order chi connectivity index (χ0) is 23.5. The summed E-state index contributed by atoms with van der Waals surface area (Å²) in [5, 5.41) is 9.10. The maximum absolute atomic E-state index is 12.6. The summed E-state index contributed by atoms with van der Waals surface area (Å²) in [6.45, 7) is 3.05. The molecule has 2 N–H and O–H groups in total. The lowest BCUT2D eigenvalue weighted by molar-refractivity contribution is 0.0303. The minimum atomic E-state index is -0.0427. The van der Waals surface area contributed by atoms with Crippen molar-refractivity contribution in [3.8, 4) is 11.3 Å². The van der Waals surface area contributed by atoms with Crippen molar-refractivity contribution in [1.29, 1.82) is 0 Å². The molecule has 174 valence electrons. The van der Waals surface area contributed by atoms with Crippen LogP contribution in [-0.4, -0.2) is 72.8 Å². The lowest BCUT2D eigenvalue weighted by Crippen LogP contribution is -2.40. The third-order valence-electron chi connectivity index (χ3n) is 6.05. The van der Waals surface area contributed by atoms with Crippen molar-refractivity contribution in [2.24, 2.45) is 5.10 Å². The minimum absolute atomic E-state index is 0.0190. The Morgan fingerprint density at radius 2 is 1.97 bits per heavy atom. The number of hydrazone groups is 1. The molecule has 1 saturated heterocycles. The molecule has 3 aromatic rings. The fraction of sp³-hybridized carbons (Fsp3) is 0.280. The number of morpholine rings is 1. The molecule has 2 amide bonds. The maximum atomic E-state index is 12.6. The van der Waals surface area contributed by atoms with Gasteiger partial charge in [-0.2, -0.15) is 5.10 Å². The van der Waals surface area contributed by atoms with E-state index in [1.165, 1.54) is 0 Å². The van der Waals surface area contributed by atoms with Gasteiger partial charge in [-0.15, -0.1) is 0 Å². The van der Waals surface area contributed by atoms with Gasteiger partial charge in [0.1, 0.15) is 0 Å². The zero-order valence-electron chi connectivity index (χ0n) is 19.0. The summed E-state index contributed by atoms with van der Waals surface area (Å²) >= 11 is 0. The Bertz CT molecular complexity index is 1230. The van der Waals surface area contributed by atoms with Gasteiger partial charge >= 0.3 is 0 Å². The number of pyridine rings is 1. The molecule has 2 aliphatic rings. The molecular weight excluding hydrogens is 432 g/mol. The van der Waals surface area contributed by atoms with Gasteiger partial charge in [-0.25, -0.2) is 0 Å². The summed E-state index contributed by atoms with van der Waals surface area (Å²) in [5.41, 5.74) is 5.68. The second-order valence-electron chi connectivity index (χ2n) is 8.27. The Kier molecular flexibility index (Phi) is 6.09. The van der Waals surface area contributed by atoms with Crippen LogP contribution in [0, 0.1) is 0 Å². The highest BCUT2D eigenvalue weighted by atomic mass is 16.5. The van der Waals surface area contributed by atoms with Crippen LogP contribution in [0.4, 0.5) is 5.69 Å². The molecule has 0 spiro atoms. The molecule has 0 atom stereocenters. The monoisotopic (exact) mass is 458 g/mol. The number of fused-ring (bicyclic) bond motifs is 1. The van der Waals surface area contributed by atoms with Gasteiger partial charge < -0.3 is 19.9 Å². The molecule has 5 rings (SSSR count). The summed E-state index contributed by atoms with van der Waals surface area (Å²) in [5.74, 6) is -0.0237. The largest absolute Gasteiger partial charge is 0.378 e. The molecule has 9 heteroatoms. The maximum Gasteiger partial charge on any atom is 0.254 e. The minimum Gasteiger partial charge on any atom is -0.378 e. The average Bonchev–Trinajstić information content (AvgIpc) is 3.34. The van der Waals surface area contributed by atoms with Gasteiger partial charge in [0.2, 0.25) is 0 Å². The van der Waals surface area contributed by atoms with Gasteiger partial charge in [0.05, 0.1) is 36.4 Å². The number of carbonyl (C=O) groups is 2. The zero-order valence-corrected chi connectivity index (χ0v) is 19.0. The van der Waals surface area contributed by atoms with Gasteiger partial charge in [-0.05, 0) is 42.5 Å². The Morgan fingerprint density at radius 1 is 1.18 bits per heavy atom. The first-order chi connectivity index (χ1) is 16.6. The van der Waals surface area contributed by atoms with Crippen LogP contribution in [0.1, 0.15) is 32.1 Å². The first kappa shape index (κ1) is 21.8. The number of aromatic amines is 1. The molecule has 0 radical (unpaired) electrons. The van der Waals surface area contributed by atoms with E-state index in [1.54, 1.807) is 17.4 Å². The number of aromatic nitrogens is 2. The van der Waals surface area contributed by atoms with Gasteiger partial charge in [0.15, 0.2) is 0 Å². The number of nitrogens with one attached hydrogen (secondary N) is 2. The van der Waals surface area contributed by atoms with Crippen molar-refractivity contribution in [3.63, 3.8) is 0 Å². The van der Waals surface area contributed by atoms with Gasteiger partial charge in [0, 0.05) is 61.8 Å². The van der Waals surface area contributed by atoms with Crippen molar-refractivity contribution in [1.82, 2.24) is 20.2 Å². The van der Waals surface area contributed by atoms with E-state index in [1.807, 2.05) is 54.4 Å². The van der Waals surface area contributed by atoms with Crippen molar-refractivity contribution in [2.75, 3.05) is 44.9 Å². The number of ether oxygens (including phenoxy) is 1. The number of carbonyl (C=O) groups excluding carboxylic acids is 2. The van der Waals surface area contributed by atoms with E-state index in [0.717, 1.165) is 29.1 Å². The van der Waals surface area contributed by atoms with Crippen LogP contribution in [-0.2, 0) is 11.2 Å². The summed E-state index contributed by atoms with van der Waals surface area (Å²) in [6, 6.07) is 13.1. The quantitative estimate of drug-likeness (QED) is 0.451. The van der Waals surface area contributed by atoms with Gasteiger partial charge in [-0.3, -0.25) is 19.6 Å². The summed E-state index contributed by atoms with van der Waals surface area (Å²) in [4.78, 5) is 34.2. The molecule has 34 heavy (non-hydrogen) atoms. The van der Waals surface area contributed by atoms with Crippen molar-refractivity contribution in [2.45, 2.75) is 6.42 Å². The lowest BCUT2D eigenvalue weighted by atomic mass is 10.1. The fourth-order valence-electron chi connectivity index (χ4n) is 4.12. The number of rotatable bonds is 5. The molecule has 0 bridgehead atoms. The number of H-pyrrole nitrogens is 1. The van der Waals surface area contributed by atoms with Crippen LogP contribution >= 0.6 is 0 Å². The predicted molar refractivity (Wildman–Crippen MR) is 129 cm³/mol. The normalized spacial score (nSPS) is 15.8. The lowest BCUT2D eigenvalue weighted by Gasteiger charge is -2.27. The van der Waals surface area contributed by atoms with E-state index in [2.05, 4.69) is 20.4 Å². The standard InChI is InChI=1S/C25H26N6O3/c1-30(20-4-2-17(3-5-20)25(33)31-10-12-34-13-11-31)28-16-19-14-18(6-8-26-19)23-15-21-22(29-23)7-9-27-24(21)32/h2-6,8,14-16,29H,7,9-13H2,1H3,(H,27,32)/b28-16+. The fourth-order valence-corrected chi connectivity index (χ4v) is 4.12. The Hall–Kier alpha value is -3.98. The van der Waals surface area contributed by atoms with E-state index in [9.17, 15) is 9.59 Å². The number of benzene rings is 1. The molecule has 0 unspecified atom stereocenters. The molecule has 1 aromatic carbocycles. The number of hydrogen-bond acceptors (Lipinski definition) is 6. The molecular formula is C25H26N6O3. The SMILES string of the molecule is CN(/N=C/c1cc(-c2cc3c([nH]2)CCNC3=O)ccn1)c1ccc(C(=O)N2CCOCC2)cc1. The van der Waals surface area contributed by atoms with E-state index in [4.69, 9.17) is 4.74 Å². The van der Waals surface area contributed by atoms with Gasteiger partial charge in [0.25, 0.3) is 11.8 Å². The molecule has 1 fully saturated rings. The Labute approximate surface area is 197 Å². The molecule has 9 nitrogen and oxygen atoms in total. The summed E-state index contributed by atoms with van der Waals surface area (Å²) in [7, 11) is 1.84. The number of amides is 2. The second kappa shape index (κ2) is 9.48. The first-order valence-electron chi connectivity index (χ1n) is 11.3. The van der Waals surface area contributed by atoms with Crippen molar-refractivity contribution in [3.05, 3.63) is 71.2 Å². The Balaban J connectivity index is 1.27. The third-order valence-corrected chi connectivity index (χ3v) is 6.05. The van der Waals surface area contributed by atoms with Crippen LogP contribution in [0.3, 0.4) is 0 Å². The summed E-state index contributed by atoms with van der Waals surface area (Å²) < 4.78 is 5.32. The van der Waals surface area contributed by atoms with Crippen LogP contribution in [0.25, 0.3) is 11.3 Å². The number of nitrogens with zero attached hydrogens (tertiary/aromatic N) is 4.